The zero-order valence-electron chi connectivity index (χ0n) is 9.80. The normalized spacial score (nSPS) is 22.8. The number of aliphatic hydroxyl groups is 1. The Morgan fingerprint density at radius 2 is 2.41 bits per heavy atom. The zero-order valence-corrected chi connectivity index (χ0v) is 9.80. The molecule has 0 aromatic carbocycles. The van der Waals surface area contributed by atoms with Gasteiger partial charge in [-0.1, -0.05) is 0 Å². The highest BCUT2D eigenvalue weighted by Gasteiger charge is 2.30. The Labute approximate surface area is 99.6 Å². The van der Waals surface area contributed by atoms with E-state index in [0.717, 1.165) is 19.4 Å². The predicted molar refractivity (Wildman–Crippen MR) is 60.9 cm³/mol. The maximum absolute atomic E-state index is 10.7. The monoisotopic (exact) mass is 239 g/mol. The van der Waals surface area contributed by atoms with Gasteiger partial charge >= 0.3 is 5.97 Å². The van der Waals surface area contributed by atoms with E-state index in [9.17, 15) is 9.90 Å². The van der Waals surface area contributed by atoms with Crippen molar-refractivity contribution in [3.8, 4) is 0 Å². The maximum Gasteiger partial charge on any atom is 0.371 e. The smallest absolute Gasteiger partial charge is 0.371 e. The second-order valence-electron chi connectivity index (χ2n) is 4.40. The van der Waals surface area contributed by atoms with E-state index in [1.807, 2.05) is 6.92 Å². The van der Waals surface area contributed by atoms with Crippen LogP contribution >= 0.6 is 0 Å². The summed E-state index contributed by atoms with van der Waals surface area (Å²) in [5, 5.41) is 18.1. The summed E-state index contributed by atoms with van der Waals surface area (Å²) in [6, 6.07) is 3.32. The molecule has 1 saturated heterocycles. The Morgan fingerprint density at radius 3 is 3.00 bits per heavy atom. The standard InChI is InChI=1S/C12H17NO4/c1-8(13-6-2-3-9(13)7-14)10-4-5-11(17-10)12(15)16/h4-5,8-9,14H,2-3,6-7H2,1H3,(H,15,16). The van der Waals surface area contributed by atoms with Crippen LogP contribution in [0, 0.1) is 0 Å². The number of carbonyl (C=O) groups is 1. The van der Waals surface area contributed by atoms with Crippen molar-refractivity contribution in [3.05, 3.63) is 23.7 Å². The minimum atomic E-state index is -1.05. The summed E-state index contributed by atoms with van der Waals surface area (Å²) in [5.41, 5.74) is 0. The van der Waals surface area contributed by atoms with Crippen LogP contribution in [-0.4, -0.2) is 40.3 Å². The van der Waals surface area contributed by atoms with E-state index in [1.54, 1.807) is 6.07 Å². The molecule has 1 aliphatic heterocycles. The molecule has 1 aliphatic rings. The van der Waals surface area contributed by atoms with Crippen LogP contribution in [0.5, 0.6) is 0 Å². The van der Waals surface area contributed by atoms with Crippen molar-refractivity contribution in [2.24, 2.45) is 0 Å². The van der Waals surface area contributed by atoms with Crippen molar-refractivity contribution in [1.29, 1.82) is 0 Å². The summed E-state index contributed by atoms with van der Waals surface area (Å²) in [7, 11) is 0. The molecule has 2 rings (SSSR count). The van der Waals surface area contributed by atoms with Crippen LogP contribution in [0.15, 0.2) is 16.5 Å². The molecule has 0 radical (unpaired) electrons. The molecule has 2 N–H and O–H groups in total. The van der Waals surface area contributed by atoms with E-state index in [1.165, 1.54) is 6.07 Å². The molecule has 94 valence electrons. The lowest BCUT2D eigenvalue weighted by molar-refractivity contribution is 0.0651. The van der Waals surface area contributed by atoms with E-state index in [-0.39, 0.29) is 24.5 Å². The Morgan fingerprint density at radius 1 is 1.65 bits per heavy atom. The van der Waals surface area contributed by atoms with Crippen LogP contribution in [0.25, 0.3) is 0 Å². The number of hydrogen-bond donors (Lipinski definition) is 2. The SMILES string of the molecule is CC(c1ccc(C(=O)O)o1)N1CCCC1CO. The first-order chi connectivity index (χ1) is 8.13. The highest BCUT2D eigenvalue weighted by molar-refractivity contribution is 5.84. The van der Waals surface area contributed by atoms with E-state index in [4.69, 9.17) is 9.52 Å². The molecule has 1 aromatic heterocycles. The molecule has 0 saturated carbocycles. The summed E-state index contributed by atoms with van der Waals surface area (Å²) < 4.78 is 5.29. The fraction of sp³-hybridized carbons (Fsp3) is 0.583. The first-order valence-electron chi connectivity index (χ1n) is 5.83. The number of aromatic carboxylic acids is 1. The van der Waals surface area contributed by atoms with Gasteiger partial charge in [-0.15, -0.1) is 0 Å². The number of nitrogens with zero attached hydrogens (tertiary/aromatic N) is 1. The largest absolute Gasteiger partial charge is 0.475 e. The van der Waals surface area contributed by atoms with Gasteiger partial charge in [0.15, 0.2) is 0 Å². The average molecular weight is 239 g/mol. The van der Waals surface area contributed by atoms with Gasteiger partial charge in [0, 0.05) is 6.04 Å². The van der Waals surface area contributed by atoms with Crippen molar-refractivity contribution in [2.45, 2.75) is 31.8 Å². The lowest BCUT2D eigenvalue weighted by Crippen LogP contribution is -2.34. The quantitative estimate of drug-likeness (QED) is 0.832. The average Bonchev–Trinajstić information content (AvgIpc) is 2.96. The Kier molecular flexibility index (Phi) is 3.49. The molecule has 2 atom stereocenters. The van der Waals surface area contributed by atoms with Gasteiger partial charge in [-0.3, -0.25) is 4.90 Å². The summed E-state index contributed by atoms with van der Waals surface area (Å²) in [6.07, 6.45) is 2.04. The summed E-state index contributed by atoms with van der Waals surface area (Å²) in [5.74, 6) is -0.446. The molecule has 17 heavy (non-hydrogen) atoms. The van der Waals surface area contributed by atoms with Crippen LogP contribution in [0.1, 0.15) is 42.1 Å². The predicted octanol–water partition coefficient (Wildman–Crippen LogP) is 1.50. The zero-order chi connectivity index (χ0) is 12.4. The van der Waals surface area contributed by atoms with E-state index in [2.05, 4.69) is 4.90 Å². The number of carboxylic acids is 1. The fourth-order valence-electron chi connectivity index (χ4n) is 2.42. The molecular weight excluding hydrogens is 222 g/mol. The summed E-state index contributed by atoms with van der Waals surface area (Å²) in [4.78, 5) is 12.9. The van der Waals surface area contributed by atoms with Crippen LogP contribution in [0.2, 0.25) is 0 Å². The van der Waals surface area contributed by atoms with Gasteiger partial charge in [-0.25, -0.2) is 4.79 Å². The lowest BCUT2D eigenvalue weighted by atomic mass is 10.2. The van der Waals surface area contributed by atoms with E-state index in [0.29, 0.717) is 5.76 Å². The molecule has 5 heteroatoms. The highest BCUT2D eigenvalue weighted by Crippen LogP contribution is 2.29. The number of carboxylic acid groups (broad SMARTS) is 1. The van der Waals surface area contributed by atoms with Crippen molar-refractivity contribution >= 4 is 5.97 Å². The fourth-order valence-corrected chi connectivity index (χ4v) is 2.42. The Balaban J connectivity index is 2.12. The second-order valence-corrected chi connectivity index (χ2v) is 4.40. The third kappa shape index (κ3) is 2.35. The Bertz CT molecular complexity index is 401. The molecular formula is C12H17NO4. The molecule has 0 spiro atoms. The highest BCUT2D eigenvalue weighted by atomic mass is 16.4. The maximum atomic E-state index is 10.7. The third-order valence-electron chi connectivity index (χ3n) is 3.38. The van der Waals surface area contributed by atoms with Gasteiger partial charge in [0.2, 0.25) is 5.76 Å². The molecule has 1 fully saturated rings. The van der Waals surface area contributed by atoms with Gasteiger partial charge in [0.05, 0.1) is 12.6 Å². The van der Waals surface area contributed by atoms with Gasteiger partial charge < -0.3 is 14.6 Å². The van der Waals surface area contributed by atoms with Crippen LogP contribution < -0.4 is 0 Å². The molecule has 0 bridgehead atoms. The van der Waals surface area contributed by atoms with Crippen molar-refractivity contribution < 1.29 is 19.4 Å². The third-order valence-corrected chi connectivity index (χ3v) is 3.38. The van der Waals surface area contributed by atoms with Gasteiger partial charge in [0.25, 0.3) is 0 Å². The number of rotatable bonds is 4. The minimum absolute atomic E-state index is 0.00255. The molecule has 0 amide bonds. The summed E-state index contributed by atoms with van der Waals surface area (Å²) in [6.45, 7) is 3.02. The first kappa shape index (κ1) is 12.1. The molecule has 5 nitrogen and oxygen atoms in total. The van der Waals surface area contributed by atoms with Crippen molar-refractivity contribution in [2.75, 3.05) is 13.2 Å². The van der Waals surface area contributed by atoms with Gasteiger partial charge in [-0.05, 0) is 38.4 Å². The van der Waals surface area contributed by atoms with Crippen LogP contribution in [0.3, 0.4) is 0 Å². The molecule has 1 aromatic rings. The van der Waals surface area contributed by atoms with Crippen molar-refractivity contribution in [1.82, 2.24) is 4.90 Å². The second kappa shape index (κ2) is 4.89. The molecule has 2 unspecified atom stereocenters. The van der Waals surface area contributed by atoms with Crippen LogP contribution in [-0.2, 0) is 0 Å². The van der Waals surface area contributed by atoms with Crippen molar-refractivity contribution in [3.63, 3.8) is 0 Å². The van der Waals surface area contributed by atoms with Gasteiger partial charge in [0.1, 0.15) is 5.76 Å². The molecule has 2 heterocycles. The van der Waals surface area contributed by atoms with Gasteiger partial charge in [-0.2, -0.15) is 0 Å². The van der Waals surface area contributed by atoms with E-state index >= 15 is 0 Å². The number of furan rings is 1. The number of aliphatic hydroxyl groups excluding tert-OH is 1. The minimum Gasteiger partial charge on any atom is -0.475 e. The Hall–Kier alpha value is -1.33. The number of hydrogen-bond acceptors (Lipinski definition) is 4. The first-order valence-corrected chi connectivity index (χ1v) is 5.83. The van der Waals surface area contributed by atoms with E-state index < -0.39 is 5.97 Å². The van der Waals surface area contributed by atoms with Crippen LogP contribution in [0.4, 0.5) is 0 Å². The lowest BCUT2D eigenvalue weighted by Gasteiger charge is -2.28. The topological polar surface area (TPSA) is 73.9 Å². The summed E-state index contributed by atoms with van der Waals surface area (Å²) >= 11 is 0. The molecule has 0 aliphatic carbocycles. The number of likely N-dealkylation sites (tertiary alicyclic amines) is 1.